The van der Waals surface area contributed by atoms with E-state index < -0.39 is 15.9 Å². The average Bonchev–Trinajstić information content (AvgIpc) is 2.77. The van der Waals surface area contributed by atoms with E-state index in [2.05, 4.69) is 5.32 Å². The van der Waals surface area contributed by atoms with E-state index in [4.69, 9.17) is 18.9 Å². The Balaban J connectivity index is 2.30. The summed E-state index contributed by atoms with van der Waals surface area (Å²) < 4.78 is 46.9. The minimum absolute atomic E-state index is 0.153. The van der Waals surface area contributed by atoms with Crippen molar-refractivity contribution in [1.29, 1.82) is 0 Å². The van der Waals surface area contributed by atoms with Gasteiger partial charge in [0.05, 0.1) is 45.9 Å². The Morgan fingerprint density at radius 1 is 0.906 bits per heavy atom. The second-order valence-electron chi connectivity index (χ2n) is 6.85. The van der Waals surface area contributed by atoms with Gasteiger partial charge in [-0.1, -0.05) is 6.07 Å². The molecule has 0 heterocycles. The van der Waals surface area contributed by atoms with Gasteiger partial charge < -0.3 is 24.3 Å². The fourth-order valence-electron chi connectivity index (χ4n) is 3.29. The number of anilines is 1. The zero-order chi connectivity index (χ0) is 23.9. The van der Waals surface area contributed by atoms with Crippen molar-refractivity contribution in [2.45, 2.75) is 13.3 Å². The summed E-state index contributed by atoms with van der Waals surface area (Å²) in [5.41, 5.74) is 1.33. The van der Waals surface area contributed by atoms with Crippen LogP contribution >= 0.6 is 0 Å². The van der Waals surface area contributed by atoms with Crippen molar-refractivity contribution in [2.24, 2.45) is 0 Å². The topological polar surface area (TPSA) is 103 Å². The lowest BCUT2D eigenvalue weighted by Crippen LogP contribution is -2.33. The minimum atomic E-state index is -3.62. The quantitative estimate of drug-likeness (QED) is 0.543. The highest BCUT2D eigenvalue weighted by atomic mass is 32.2. The number of benzene rings is 2. The molecule has 0 saturated heterocycles. The van der Waals surface area contributed by atoms with Crippen molar-refractivity contribution in [2.75, 3.05) is 52.1 Å². The highest BCUT2D eigenvalue weighted by molar-refractivity contribution is 7.92. The zero-order valence-corrected chi connectivity index (χ0v) is 20.0. The summed E-state index contributed by atoms with van der Waals surface area (Å²) >= 11 is 0. The van der Waals surface area contributed by atoms with Crippen LogP contribution < -0.4 is 28.6 Å². The van der Waals surface area contributed by atoms with Crippen LogP contribution in [-0.4, -0.2) is 62.1 Å². The predicted octanol–water partition coefficient (Wildman–Crippen LogP) is 2.48. The van der Waals surface area contributed by atoms with E-state index in [1.807, 2.05) is 12.1 Å². The molecule has 176 valence electrons. The van der Waals surface area contributed by atoms with E-state index in [0.717, 1.165) is 16.1 Å². The molecule has 0 aliphatic heterocycles. The Morgan fingerprint density at radius 2 is 1.47 bits per heavy atom. The molecule has 2 aromatic rings. The molecule has 2 aromatic carbocycles. The normalized spacial score (nSPS) is 10.9. The molecule has 0 radical (unpaired) electrons. The molecule has 9 nitrogen and oxygen atoms in total. The third kappa shape index (κ3) is 5.76. The first-order chi connectivity index (χ1) is 15.2. The highest BCUT2D eigenvalue weighted by Crippen LogP contribution is 2.36. The lowest BCUT2D eigenvalue weighted by Gasteiger charge is -2.24. The summed E-state index contributed by atoms with van der Waals surface area (Å²) in [6, 6.07) is 8.50. The van der Waals surface area contributed by atoms with Gasteiger partial charge in [-0.3, -0.25) is 9.10 Å². The summed E-state index contributed by atoms with van der Waals surface area (Å²) in [7, 11) is 2.40. The van der Waals surface area contributed by atoms with Crippen molar-refractivity contribution < 1.29 is 32.2 Å². The molecule has 0 bridgehead atoms. The SMILES string of the molecule is CCN(c1cc(OC)c(OC)cc1C(=O)NCCc1ccc(OC)c(OC)c1)S(C)(=O)=O. The first kappa shape index (κ1) is 25.1. The van der Waals surface area contributed by atoms with Gasteiger partial charge in [-0.05, 0) is 37.1 Å². The summed E-state index contributed by atoms with van der Waals surface area (Å²) in [5.74, 6) is 1.45. The van der Waals surface area contributed by atoms with E-state index in [1.165, 1.54) is 26.4 Å². The number of nitrogens with one attached hydrogen (secondary N) is 1. The second kappa shape index (κ2) is 10.9. The molecule has 32 heavy (non-hydrogen) atoms. The van der Waals surface area contributed by atoms with Crippen LogP contribution in [0.4, 0.5) is 5.69 Å². The van der Waals surface area contributed by atoms with E-state index >= 15 is 0 Å². The maximum atomic E-state index is 13.0. The lowest BCUT2D eigenvalue weighted by atomic mass is 10.1. The van der Waals surface area contributed by atoms with E-state index in [0.29, 0.717) is 36.0 Å². The molecule has 1 amide bonds. The predicted molar refractivity (Wildman–Crippen MR) is 123 cm³/mol. The number of rotatable bonds is 11. The maximum absolute atomic E-state index is 13.0. The molecule has 0 unspecified atom stereocenters. The van der Waals surface area contributed by atoms with Gasteiger partial charge in [-0.25, -0.2) is 8.42 Å². The van der Waals surface area contributed by atoms with Crippen LogP contribution in [0.15, 0.2) is 30.3 Å². The Hall–Kier alpha value is -3.14. The van der Waals surface area contributed by atoms with Crippen LogP contribution in [0, 0.1) is 0 Å². The molecular weight excluding hydrogens is 436 g/mol. The van der Waals surface area contributed by atoms with Crippen molar-refractivity contribution >= 4 is 21.6 Å². The van der Waals surface area contributed by atoms with Gasteiger partial charge in [0, 0.05) is 19.2 Å². The largest absolute Gasteiger partial charge is 0.493 e. The van der Waals surface area contributed by atoms with Crippen LogP contribution in [0.25, 0.3) is 0 Å². The van der Waals surface area contributed by atoms with Gasteiger partial charge >= 0.3 is 0 Å². The van der Waals surface area contributed by atoms with Crippen LogP contribution in [-0.2, 0) is 16.4 Å². The highest BCUT2D eigenvalue weighted by Gasteiger charge is 2.25. The van der Waals surface area contributed by atoms with Gasteiger partial charge in [-0.2, -0.15) is 0 Å². The molecule has 0 spiro atoms. The molecule has 2 rings (SSSR count). The monoisotopic (exact) mass is 466 g/mol. The zero-order valence-electron chi connectivity index (χ0n) is 19.2. The van der Waals surface area contributed by atoms with Gasteiger partial charge in [0.2, 0.25) is 10.0 Å². The fourth-order valence-corrected chi connectivity index (χ4v) is 4.27. The van der Waals surface area contributed by atoms with Crippen LogP contribution in [0.5, 0.6) is 23.0 Å². The van der Waals surface area contributed by atoms with Gasteiger partial charge in [0.15, 0.2) is 23.0 Å². The standard InChI is InChI=1S/C22H30N2O7S/c1-7-24(32(6,26)27)17-14-21(31-5)20(30-4)13-16(17)22(25)23-11-10-15-8-9-18(28-2)19(12-15)29-3/h8-9,12-14H,7,10-11H2,1-6H3,(H,23,25). The van der Waals surface area contributed by atoms with Crippen molar-refractivity contribution in [3.63, 3.8) is 0 Å². The smallest absolute Gasteiger partial charge is 0.253 e. The number of hydrogen-bond acceptors (Lipinski definition) is 7. The summed E-state index contributed by atoms with van der Waals surface area (Å²) in [5, 5.41) is 2.84. The van der Waals surface area contributed by atoms with Crippen molar-refractivity contribution in [1.82, 2.24) is 5.32 Å². The van der Waals surface area contributed by atoms with Gasteiger partial charge in [0.1, 0.15) is 0 Å². The van der Waals surface area contributed by atoms with E-state index in [9.17, 15) is 13.2 Å². The number of methoxy groups -OCH3 is 4. The molecular formula is C22H30N2O7S. The van der Waals surface area contributed by atoms with Crippen molar-refractivity contribution in [3.05, 3.63) is 41.5 Å². The molecule has 0 aromatic heterocycles. The Labute approximate surface area is 189 Å². The molecule has 0 fully saturated rings. The Kier molecular flexibility index (Phi) is 8.59. The molecule has 1 N–H and O–H groups in total. The van der Waals surface area contributed by atoms with Gasteiger partial charge in [0.25, 0.3) is 5.91 Å². The number of hydrogen-bond donors (Lipinski definition) is 1. The molecule has 0 aliphatic rings. The van der Waals surface area contributed by atoms with E-state index in [1.54, 1.807) is 27.2 Å². The van der Waals surface area contributed by atoms with E-state index in [-0.39, 0.29) is 17.8 Å². The number of sulfonamides is 1. The third-order valence-corrected chi connectivity index (χ3v) is 6.11. The molecule has 0 saturated carbocycles. The number of amides is 1. The number of ether oxygens (including phenoxy) is 4. The molecule has 10 heteroatoms. The average molecular weight is 467 g/mol. The Morgan fingerprint density at radius 3 is 2.00 bits per heavy atom. The maximum Gasteiger partial charge on any atom is 0.253 e. The van der Waals surface area contributed by atoms with Gasteiger partial charge in [-0.15, -0.1) is 0 Å². The number of carbonyl (C=O) groups is 1. The lowest BCUT2D eigenvalue weighted by molar-refractivity contribution is 0.0954. The Bertz CT molecular complexity index is 1050. The summed E-state index contributed by atoms with van der Waals surface area (Å²) in [6.45, 7) is 2.17. The van der Waals surface area contributed by atoms with Crippen LogP contribution in [0.3, 0.4) is 0 Å². The summed E-state index contributed by atoms with van der Waals surface area (Å²) in [4.78, 5) is 13.0. The first-order valence-corrected chi connectivity index (χ1v) is 11.8. The fraction of sp³-hybridized carbons (Fsp3) is 0.409. The van der Waals surface area contributed by atoms with Crippen LogP contribution in [0.2, 0.25) is 0 Å². The van der Waals surface area contributed by atoms with Crippen molar-refractivity contribution in [3.8, 4) is 23.0 Å². The third-order valence-electron chi connectivity index (χ3n) is 4.85. The number of nitrogens with zero attached hydrogens (tertiary/aromatic N) is 1. The number of carbonyl (C=O) groups excluding carboxylic acids is 1. The molecule has 0 aliphatic carbocycles. The minimum Gasteiger partial charge on any atom is -0.493 e. The second-order valence-corrected chi connectivity index (χ2v) is 8.75. The summed E-state index contributed by atoms with van der Waals surface area (Å²) in [6.07, 6.45) is 1.63. The molecule has 0 atom stereocenters. The van der Waals surface area contributed by atoms with Crippen LogP contribution in [0.1, 0.15) is 22.8 Å². The first-order valence-electron chi connectivity index (χ1n) is 9.92.